The molecule has 7 heteroatoms. The van der Waals surface area contributed by atoms with Crippen LogP contribution in [0.2, 0.25) is 10.0 Å². The smallest absolute Gasteiger partial charge is 0.310 e. The summed E-state index contributed by atoms with van der Waals surface area (Å²) in [5, 5.41) is 3.61. The van der Waals surface area contributed by atoms with Gasteiger partial charge in [0.1, 0.15) is 0 Å². The zero-order valence-corrected chi connectivity index (χ0v) is 15.2. The van der Waals surface area contributed by atoms with E-state index >= 15 is 0 Å². The third-order valence-corrected chi connectivity index (χ3v) is 4.62. The fourth-order valence-electron chi connectivity index (χ4n) is 2.66. The summed E-state index contributed by atoms with van der Waals surface area (Å²) < 4.78 is 5.06. The maximum absolute atomic E-state index is 12.3. The van der Waals surface area contributed by atoms with Crippen molar-refractivity contribution < 1.29 is 19.1 Å². The lowest BCUT2D eigenvalue weighted by Gasteiger charge is -2.17. The predicted molar refractivity (Wildman–Crippen MR) is 98.8 cm³/mol. The van der Waals surface area contributed by atoms with Crippen LogP contribution in [-0.2, 0) is 27.2 Å². The summed E-state index contributed by atoms with van der Waals surface area (Å²) in [5.41, 5.74) is 2.64. The van der Waals surface area contributed by atoms with Crippen molar-refractivity contribution in [1.82, 2.24) is 0 Å². The molecule has 0 saturated heterocycles. The number of halogens is 2. The molecule has 3 rings (SSSR count). The summed E-state index contributed by atoms with van der Waals surface area (Å²) in [6, 6.07) is 9.84. The molecular weight excluding hydrogens is 377 g/mol. The summed E-state index contributed by atoms with van der Waals surface area (Å²) in [6.45, 7) is -0.352. The molecule has 26 heavy (non-hydrogen) atoms. The van der Waals surface area contributed by atoms with Gasteiger partial charge < -0.3 is 10.1 Å². The van der Waals surface area contributed by atoms with Gasteiger partial charge in [-0.25, -0.2) is 0 Å². The van der Waals surface area contributed by atoms with Gasteiger partial charge in [0.25, 0.3) is 0 Å². The minimum Gasteiger partial charge on any atom is -0.457 e. The molecule has 2 aromatic rings. The first kappa shape index (κ1) is 18.4. The number of aryl methyl sites for hydroxylation is 1. The molecule has 1 amide bonds. The van der Waals surface area contributed by atoms with Gasteiger partial charge in [0.05, 0.1) is 6.42 Å². The number of rotatable bonds is 5. The number of benzene rings is 2. The zero-order valence-electron chi connectivity index (χ0n) is 13.7. The molecule has 0 aromatic heterocycles. The van der Waals surface area contributed by atoms with Crippen molar-refractivity contribution in [2.24, 2.45) is 0 Å². The van der Waals surface area contributed by atoms with E-state index in [1.165, 1.54) is 0 Å². The normalized spacial score (nSPS) is 12.9. The Morgan fingerprint density at radius 3 is 2.65 bits per heavy atom. The fourth-order valence-corrected chi connectivity index (χ4v) is 3.13. The summed E-state index contributed by atoms with van der Waals surface area (Å²) in [4.78, 5) is 35.6. The van der Waals surface area contributed by atoms with Gasteiger partial charge in [-0.2, -0.15) is 0 Å². The third kappa shape index (κ3) is 4.42. The minimum absolute atomic E-state index is 0.0358. The van der Waals surface area contributed by atoms with E-state index in [-0.39, 0.29) is 24.7 Å². The second kappa shape index (κ2) is 7.89. The first-order valence-electron chi connectivity index (χ1n) is 7.98. The lowest BCUT2D eigenvalue weighted by molar-refractivity contribution is -0.141. The van der Waals surface area contributed by atoms with Gasteiger partial charge in [-0.15, -0.1) is 0 Å². The molecule has 0 unspecified atom stereocenters. The number of hydrogen-bond donors (Lipinski definition) is 1. The van der Waals surface area contributed by atoms with Gasteiger partial charge in [0, 0.05) is 27.7 Å². The quantitative estimate of drug-likeness (QED) is 0.620. The molecule has 1 aliphatic rings. The van der Waals surface area contributed by atoms with Crippen LogP contribution in [0.4, 0.5) is 5.69 Å². The highest BCUT2D eigenvalue weighted by Gasteiger charge is 2.18. The fraction of sp³-hybridized carbons (Fsp3) is 0.211. The van der Waals surface area contributed by atoms with E-state index in [9.17, 15) is 14.4 Å². The minimum atomic E-state index is -0.548. The van der Waals surface area contributed by atoms with E-state index < -0.39 is 5.97 Å². The molecule has 0 bridgehead atoms. The SMILES string of the molecule is O=C1CCc2cc(C(=O)COC(=O)Cc3ccc(Cl)cc3Cl)ccc2N1. The molecule has 0 radical (unpaired) electrons. The van der Waals surface area contributed by atoms with Crippen LogP contribution >= 0.6 is 23.2 Å². The zero-order chi connectivity index (χ0) is 18.7. The van der Waals surface area contributed by atoms with Crippen LogP contribution in [0.3, 0.4) is 0 Å². The lowest BCUT2D eigenvalue weighted by atomic mass is 9.99. The molecule has 0 fully saturated rings. The molecule has 1 heterocycles. The van der Waals surface area contributed by atoms with Crippen molar-refractivity contribution in [3.8, 4) is 0 Å². The molecule has 0 atom stereocenters. The number of ketones is 1. The molecule has 0 saturated carbocycles. The lowest BCUT2D eigenvalue weighted by Crippen LogP contribution is -2.20. The summed E-state index contributed by atoms with van der Waals surface area (Å²) >= 11 is 11.8. The van der Waals surface area contributed by atoms with Gasteiger partial charge in [-0.3, -0.25) is 14.4 Å². The maximum Gasteiger partial charge on any atom is 0.310 e. The van der Waals surface area contributed by atoms with E-state index in [4.69, 9.17) is 27.9 Å². The standard InChI is InChI=1S/C19H15Cl2NO4/c20-14-4-1-11(15(21)9-14)8-19(25)26-10-17(23)13-2-5-16-12(7-13)3-6-18(24)22-16/h1-2,4-5,7,9H,3,6,8,10H2,(H,22,24). The average Bonchev–Trinajstić information content (AvgIpc) is 2.61. The Labute approximate surface area is 160 Å². The van der Waals surface area contributed by atoms with E-state index in [1.807, 2.05) is 0 Å². The van der Waals surface area contributed by atoms with Crippen LogP contribution in [0.25, 0.3) is 0 Å². The molecule has 1 N–H and O–H groups in total. The van der Waals surface area contributed by atoms with Gasteiger partial charge >= 0.3 is 5.97 Å². The summed E-state index contributed by atoms with van der Waals surface area (Å²) in [5.74, 6) is -0.889. The molecule has 2 aromatic carbocycles. The Balaban J connectivity index is 1.58. The molecule has 0 aliphatic carbocycles. The van der Waals surface area contributed by atoms with Crippen molar-refractivity contribution >= 4 is 46.5 Å². The van der Waals surface area contributed by atoms with Gasteiger partial charge in [-0.1, -0.05) is 29.3 Å². The van der Waals surface area contributed by atoms with Crippen LogP contribution in [0.15, 0.2) is 36.4 Å². The summed E-state index contributed by atoms with van der Waals surface area (Å²) in [7, 11) is 0. The first-order chi connectivity index (χ1) is 12.4. The number of amides is 1. The van der Waals surface area contributed by atoms with Crippen LogP contribution in [0.1, 0.15) is 27.9 Å². The number of carbonyl (C=O) groups excluding carboxylic acids is 3. The average molecular weight is 392 g/mol. The van der Waals surface area contributed by atoms with Gasteiger partial charge in [0.2, 0.25) is 5.91 Å². The number of carbonyl (C=O) groups is 3. The number of Topliss-reactive ketones (excluding diaryl/α,β-unsaturated/α-hetero) is 1. The Morgan fingerprint density at radius 2 is 1.88 bits per heavy atom. The van der Waals surface area contributed by atoms with Crippen molar-refractivity contribution in [3.63, 3.8) is 0 Å². The number of esters is 1. The molecule has 5 nitrogen and oxygen atoms in total. The highest BCUT2D eigenvalue weighted by atomic mass is 35.5. The predicted octanol–water partition coefficient (Wildman–Crippen LogP) is 3.85. The molecule has 0 spiro atoms. The monoisotopic (exact) mass is 391 g/mol. The van der Waals surface area contributed by atoms with Crippen LogP contribution in [0, 0.1) is 0 Å². The van der Waals surface area contributed by atoms with E-state index in [1.54, 1.807) is 36.4 Å². The number of nitrogens with one attached hydrogen (secondary N) is 1. The largest absolute Gasteiger partial charge is 0.457 e. The van der Waals surface area contributed by atoms with Crippen molar-refractivity contribution in [1.29, 1.82) is 0 Å². The molecule has 134 valence electrons. The number of hydrogen-bond acceptors (Lipinski definition) is 4. The summed E-state index contributed by atoms with van der Waals surface area (Å²) in [6.07, 6.45) is 0.929. The topological polar surface area (TPSA) is 72.5 Å². The highest BCUT2D eigenvalue weighted by molar-refractivity contribution is 6.35. The Morgan fingerprint density at radius 1 is 1.08 bits per heavy atom. The number of ether oxygens (including phenoxy) is 1. The first-order valence-corrected chi connectivity index (χ1v) is 8.73. The van der Waals surface area contributed by atoms with Gasteiger partial charge in [-0.05, 0) is 47.9 Å². The number of anilines is 1. The number of fused-ring (bicyclic) bond motifs is 1. The second-order valence-corrected chi connectivity index (χ2v) is 6.76. The van der Waals surface area contributed by atoms with E-state index in [2.05, 4.69) is 5.32 Å². The van der Waals surface area contributed by atoms with E-state index in [0.717, 1.165) is 5.56 Å². The van der Waals surface area contributed by atoms with E-state index in [0.29, 0.717) is 39.7 Å². The van der Waals surface area contributed by atoms with Gasteiger partial charge in [0.15, 0.2) is 12.4 Å². The molecular formula is C19H15Cl2NO4. The van der Waals surface area contributed by atoms with Crippen molar-refractivity contribution in [2.75, 3.05) is 11.9 Å². The van der Waals surface area contributed by atoms with Crippen LogP contribution < -0.4 is 5.32 Å². The second-order valence-electron chi connectivity index (χ2n) is 5.92. The van der Waals surface area contributed by atoms with Crippen LogP contribution in [0.5, 0.6) is 0 Å². The van der Waals surface area contributed by atoms with Crippen LogP contribution in [-0.4, -0.2) is 24.3 Å². The Bertz CT molecular complexity index is 895. The molecule has 1 aliphatic heterocycles. The van der Waals surface area contributed by atoms with Crippen molar-refractivity contribution in [3.05, 3.63) is 63.1 Å². The maximum atomic E-state index is 12.3. The Hall–Kier alpha value is -2.37. The highest BCUT2D eigenvalue weighted by Crippen LogP contribution is 2.24. The third-order valence-electron chi connectivity index (χ3n) is 4.04. The Kier molecular flexibility index (Phi) is 5.59. The van der Waals surface area contributed by atoms with Crippen molar-refractivity contribution in [2.45, 2.75) is 19.3 Å².